The van der Waals surface area contributed by atoms with E-state index in [0.29, 0.717) is 11.8 Å². The zero-order valence-electron chi connectivity index (χ0n) is 9.55. The molecule has 0 radical (unpaired) electrons. The molecule has 0 aliphatic rings. The summed E-state index contributed by atoms with van der Waals surface area (Å²) in [4.78, 5) is 11.9. The minimum atomic E-state index is 0. The highest BCUT2D eigenvalue weighted by molar-refractivity contribution is 7.07. The largest absolute Gasteiger partial charge is 0.258 e. The molecule has 0 amide bonds. The molecule has 0 aliphatic heterocycles. The van der Waals surface area contributed by atoms with Crippen LogP contribution in [0.15, 0.2) is 23.3 Å². The molecule has 2 aromatic heterocycles. The summed E-state index contributed by atoms with van der Waals surface area (Å²) in [5, 5.41) is 1.94. The molecule has 0 saturated carbocycles. The van der Waals surface area contributed by atoms with Crippen LogP contribution >= 0.6 is 59.4 Å². The maximum absolute atomic E-state index is 5.53. The van der Waals surface area contributed by atoms with Gasteiger partial charge in [-0.3, -0.25) is 9.97 Å². The highest BCUT2D eigenvalue weighted by Gasteiger charge is 1.94. The van der Waals surface area contributed by atoms with Crippen LogP contribution in [0, 0.1) is 6.92 Å². The van der Waals surface area contributed by atoms with E-state index in [-0.39, 0.29) is 24.8 Å². The van der Waals surface area contributed by atoms with Gasteiger partial charge in [-0.25, -0.2) is 4.98 Å². The molecule has 0 aromatic carbocycles. The van der Waals surface area contributed by atoms with Crippen molar-refractivity contribution in [3.63, 3.8) is 0 Å². The Morgan fingerprint density at radius 2 is 1.72 bits per heavy atom. The maximum atomic E-state index is 5.53. The molecule has 0 atom stereocenters. The number of aryl methyl sites for hydroxylation is 1. The number of nitrogens with zero attached hydrogens (tertiary/aromatic N) is 3. The van der Waals surface area contributed by atoms with Crippen LogP contribution in [0.25, 0.3) is 0 Å². The predicted octanol–water partition coefficient (Wildman–Crippen LogP) is 4.25. The van der Waals surface area contributed by atoms with Gasteiger partial charge in [-0.2, -0.15) is 0 Å². The zero-order valence-corrected chi connectivity index (χ0v) is 13.5. The van der Waals surface area contributed by atoms with Crippen LogP contribution in [0.1, 0.15) is 17.1 Å². The first-order valence-electron chi connectivity index (χ1n) is 4.53. The van der Waals surface area contributed by atoms with Crippen molar-refractivity contribution < 1.29 is 0 Å². The normalized spacial score (nSPS) is 8.39. The van der Waals surface area contributed by atoms with Crippen molar-refractivity contribution in [2.45, 2.75) is 18.7 Å². The molecule has 102 valence electrons. The molecule has 0 fully saturated rings. The van der Waals surface area contributed by atoms with E-state index in [1.165, 1.54) is 0 Å². The average Bonchev–Trinajstić information content (AvgIpc) is 2.83. The molecule has 2 rings (SSSR count). The number of rotatable bonds is 2. The molecular weight excluding hydrogens is 336 g/mol. The van der Waals surface area contributed by atoms with Gasteiger partial charge >= 0.3 is 0 Å². The van der Waals surface area contributed by atoms with E-state index in [0.717, 1.165) is 17.1 Å². The predicted molar refractivity (Wildman–Crippen MR) is 82.5 cm³/mol. The van der Waals surface area contributed by atoms with Gasteiger partial charge in [0.05, 0.1) is 34.4 Å². The zero-order chi connectivity index (χ0) is 11.8. The van der Waals surface area contributed by atoms with Gasteiger partial charge in [-0.15, -0.1) is 59.4 Å². The summed E-state index contributed by atoms with van der Waals surface area (Å²) >= 11 is 12.5. The number of aromatic nitrogens is 3. The number of hydrogen-bond acceptors (Lipinski definition) is 4. The average molecular weight is 349 g/mol. The van der Waals surface area contributed by atoms with Crippen LogP contribution < -0.4 is 0 Å². The van der Waals surface area contributed by atoms with Crippen molar-refractivity contribution in [3.05, 3.63) is 40.4 Å². The molecule has 0 unspecified atom stereocenters. The van der Waals surface area contributed by atoms with E-state index in [9.17, 15) is 0 Å². The van der Waals surface area contributed by atoms with Gasteiger partial charge in [-0.05, 0) is 6.92 Å². The van der Waals surface area contributed by atoms with Crippen LogP contribution in [0.5, 0.6) is 0 Å². The number of halogens is 4. The van der Waals surface area contributed by atoms with E-state index in [2.05, 4.69) is 15.0 Å². The first-order valence-corrected chi connectivity index (χ1v) is 6.54. The molecule has 18 heavy (non-hydrogen) atoms. The number of hydrogen-bond donors (Lipinski definition) is 0. The Hall–Kier alpha value is -0.130. The lowest BCUT2D eigenvalue weighted by molar-refractivity contribution is 1.03. The third-order valence-electron chi connectivity index (χ3n) is 1.73. The highest BCUT2D eigenvalue weighted by atomic mass is 35.5. The minimum Gasteiger partial charge on any atom is -0.258 e. The fraction of sp³-hybridized carbons (Fsp3) is 0.300. The van der Waals surface area contributed by atoms with Gasteiger partial charge in [0, 0.05) is 17.8 Å². The van der Waals surface area contributed by atoms with Gasteiger partial charge in [0.25, 0.3) is 0 Å². The first kappa shape index (κ1) is 20.2. The van der Waals surface area contributed by atoms with Crippen molar-refractivity contribution in [1.29, 1.82) is 0 Å². The monoisotopic (exact) mass is 347 g/mol. The third-order valence-corrected chi connectivity index (χ3v) is 2.89. The summed E-state index contributed by atoms with van der Waals surface area (Å²) in [7, 11) is 0. The standard InChI is InChI=1S/C6H7ClN2.C4H4ClNS.2ClH/c1-5-6(4-7)9-3-2-8-5;5-1-4-2-7-3-6-4;;/h2-3H,4H2,1H3;2-3H,1H2;2*1H. The molecule has 0 bridgehead atoms. The highest BCUT2D eigenvalue weighted by Crippen LogP contribution is 2.02. The fourth-order valence-electron chi connectivity index (χ4n) is 0.871. The van der Waals surface area contributed by atoms with Gasteiger partial charge in [-0.1, -0.05) is 0 Å². The molecule has 8 heteroatoms. The van der Waals surface area contributed by atoms with E-state index in [1.54, 1.807) is 29.2 Å². The number of thiazole rings is 1. The van der Waals surface area contributed by atoms with Gasteiger partial charge in [0.2, 0.25) is 0 Å². The molecule has 2 heterocycles. The quantitative estimate of drug-likeness (QED) is 0.761. The van der Waals surface area contributed by atoms with Crippen molar-refractivity contribution >= 4 is 59.4 Å². The van der Waals surface area contributed by atoms with Crippen LogP contribution in [0.4, 0.5) is 0 Å². The van der Waals surface area contributed by atoms with Gasteiger partial charge < -0.3 is 0 Å². The second-order valence-corrected chi connectivity index (χ2v) is 4.09. The number of alkyl halides is 2. The van der Waals surface area contributed by atoms with E-state index < -0.39 is 0 Å². The van der Waals surface area contributed by atoms with Crippen molar-refractivity contribution in [2.24, 2.45) is 0 Å². The molecule has 0 saturated heterocycles. The molecule has 0 spiro atoms. The minimum absolute atomic E-state index is 0. The van der Waals surface area contributed by atoms with Crippen LogP contribution in [-0.2, 0) is 11.8 Å². The van der Waals surface area contributed by atoms with Gasteiger partial charge in [0.15, 0.2) is 0 Å². The smallest absolute Gasteiger partial charge is 0.0795 e. The molecule has 3 nitrogen and oxygen atoms in total. The molecule has 2 aromatic rings. The summed E-state index contributed by atoms with van der Waals surface area (Å²) in [5.74, 6) is 0.975. The Kier molecular flexibility index (Phi) is 13.4. The molecular formula is C10H13Cl4N3S. The van der Waals surface area contributed by atoms with Crippen LogP contribution in [-0.4, -0.2) is 15.0 Å². The van der Waals surface area contributed by atoms with Crippen molar-refractivity contribution in [1.82, 2.24) is 15.0 Å². The van der Waals surface area contributed by atoms with Crippen LogP contribution in [0.2, 0.25) is 0 Å². The molecule has 0 N–H and O–H groups in total. The Labute approximate surface area is 133 Å². The SMILES string of the molecule is Cc1nccnc1CCl.Cl.Cl.ClCc1cscn1. The lowest BCUT2D eigenvalue weighted by Gasteiger charge is -1.95. The van der Waals surface area contributed by atoms with E-state index >= 15 is 0 Å². The van der Waals surface area contributed by atoms with E-state index in [4.69, 9.17) is 23.2 Å². The topological polar surface area (TPSA) is 38.7 Å². The summed E-state index contributed by atoms with van der Waals surface area (Å²) in [6.45, 7) is 1.89. The second-order valence-electron chi connectivity index (χ2n) is 2.84. The molecule has 0 aliphatic carbocycles. The van der Waals surface area contributed by atoms with E-state index in [1.807, 2.05) is 12.3 Å². The van der Waals surface area contributed by atoms with Gasteiger partial charge in [0.1, 0.15) is 0 Å². The van der Waals surface area contributed by atoms with Crippen LogP contribution in [0.3, 0.4) is 0 Å². The van der Waals surface area contributed by atoms with Crippen molar-refractivity contribution in [3.8, 4) is 0 Å². The third kappa shape index (κ3) is 7.34. The first-order chi connectivity index (χ1) is 7.77. The lowest BCUT2D eigenvalue weighted by Crippen LogP contribution is -1.91. The Bertz CT molecular complexity index is 411. The summed E-state index contributed by atoms with van der Waals surface area (Å²) in [6, 6.07) is 0. The van der Waals surface area contributed by atoms with Crippen molar-refractivity contribution in [2.75, 3.05) is 0 Å². The Balaban J connectivity index is 0. The Morgan fingerprint density at radius 1 is 1.06 bits per heavy atom. The summed E-state index contributed by atoms with van der Waals surface area (Å²) in [6.07, 6.45) is 3.30. The summed E-state index contributed by atoms with van der Waals surface area (Å²) in [5.41, 5.74) is 4.51. The second kappa shape index (κ2) is 11.9. The lowest BCUT2D eigenvalue weighted by atomic mass is 10.4. The fourth-order valence-corrected chi connectivity index (χ4v) is 1.93. The summed E-state index contributed by atoms with van der Waals surface area (Å²) < 4.78 is 0. The Morgan fingerprint density at radius 3 is 2.06 bits per heavy atom. The maximum Gasteiger partial charge on any atom is 0.0795 e.